The average molecular weight is 297 g/mol. The molecule has 1 aliphatic rings. The predicted octanol–water partition coefficient (Wildman–Crippen LogP) is 1.35. The van der Waals surface area contributed by atoms with Gasteiger partial charge in [0.2, 0.25) is 11.8 Å². The lowest BCUT2D eigenvalue weighted by atomic mass is 10.1. The van der Waals surface area contributed by atoms with E-state index >= 15 is 0 Å². The number of nitrogens with zero attached hydrogens (tertiary/aromatic N) is 3. The lowest BCUT2D eigenvalue weighted by Gasteiger charge is -2.39. The molecule has 0 spiro atoms. The lowest BCUT2D eigenvalue weighted by Crippen LogP contribution is -2.55. The molecule has 1 aromatic rings. The van der Waals surface area contributed by atoms with Crippen LogP contribution >= 0.6 is 0 Å². The van der Waals surface area contributed by atoms with Gasteiger partial charge in [-0.3, -0.25) is 9.59 Å². The molecule has 5 nitrogen and oxygen atoms in total. The average Bonchev–Trinajstić information content (AvgIpc) is 2.54. The zero-order chi connectivity index (χ0) is 16.1. The van der Waals surface area contributed by atoms with Crippen LogP contribution < -0.4 is 0 Å². The fourth-order valence-corrected chi connectivity index (χ4v) is 2.63. The molecule has 0 radical (unpaired) electrons. The van der Waals surface area contributed by atoms with E-state index in [2.05, 4.69) is 12.6 Å². The number of hydrogen-bond donors (Lipinski definition) is 0. The Kier molecular flexibility index (Phi) is 4.95. The van der Waals surface area contributed by atoms with E-state index in [1.54, 1.807) is 29.2 Å². The van der Waals surface area contributed by atoms with Crippen LogP contribution in [0, 0.1) is 11.3 Å². The molecule has 1 aliphatic heterocycles. The first-order valence-electron chi connectivity index (χ1n) is 7.25. The van der Waals surface area contributed by atoms with Crippen molar-refractivity contribution in [2.75, 3.05) is 19.6 Å². The normalized spacial score (nSPS) is 17.7. The summed E-state index contributed by atoms with van der Waals surface area (Å²) in [5.74, 6) is -0.0473. The van der Waals surface area contributed by atoms with Crippen molar-refractivity contribution < 1.29 is 9.59 Å². The van der Waals surface area contributed by atoms with Crippen LogP contribution in [0.3, 0.4) is 0 Å². The highest BCUT2D eigenvalue weighted by atomic mass is 16.2. The maximum absolute atomic E-state index is 12.4. The Morgan fingerprint density at radius 2 is 2.05 bits per heavy atom. The molecule has 2 rings (SSSR count). The molecular weight excluding hydrogens is 278 g/mol. The Bertz CT molecular complexity index is 616. The van der Waals surface area contributed by atoms with Gasteiger partial charge in [0, 0.05) is 25.7 Å². The first-order valence-corrected chi connectivity index (χ1v) is 7.25. The zero-order valence-corrected chi connectivity index (χ0v) is 12.7. The highest BCUT2D eigenvalue weighted by molar-refractivity contribution is 5.87. The summed E-state index contributed by atoms with van der Waals surface area (Å²) in [6.07, 6.45) is 1.62. The molecule has 0 unspecified atom stereocenters. The molecule has 0 aromatic heterocycles. The van der Waals surface area contributed by atoms with Crippen molar-refractivity contribution in [1.82, 2.24) is 9.80 Å². The van der Waals surface area contributed by atoms with Gasteiger partial charge in [0.1, 0.15) is 0 Å². The van der Waals surface area contributed by atoms with E-state index in [4.69, 9.17) is 5.26 Å². The first-order chi connectivity index (χ1) is 10.5. The van der Waals surface area contributed by atoms with Crippen molar-refractivity contribution >= 4 is 11.8 Å². The Balaban J connectivity index is 1.97. The third kappa shape index (κ3) is 3.53. The summed E-state index contributed by atoms with van der Waals surface area (Å²) in [5.41, 5.74) is 1.47. The summed E-state index contributed by atoms with van der Waals surface area (Å²) >= 11 is 0. The molecule has 0 bridgehead atoms. The number of benzene rings is 1. The van der Waals surface area contributed by atoms with Crippen LogP contribution in [-0.2, 0) is 16.0 Å². The van der Waals surface area contributed by atoms with E-state index in [0.29, 0.717) is 31.6 Å². The minimum absolute atomic E-state index is 0.0106. The molecule has 0 aliphatic carbocycles. The van der Waals surface area contributed by atoms with Gasteiger partial charge in [-0.25, -0.2) is 0 Å². The molecule has 0 saturated carbocycles. The van der Waals surface area contributed by atoms with Crippen molar-refractivity contribution in [1.29, 1.82) is 5.26 Å². The number of nitriles is 1. The quantitative estimate of drug-likeness (QED) is 0.791. The lowest BCUT2D eigenvalue weighted by molar-refractivity contribution is -0.139. The fraction of sp³-hybridized carbons (Fsp3) is 0.353. The van der Waals surface area contributed by atoms with Crippen LogP contribution in [0.5, 0.6) is 0 Å². The summed E-state index contributed by atoms with van der Waals surface area (Å²) in [4.78, 5) is 27.6. The second kappa shape index (κ2) is 6.90. The van der Waals surface area contributed by atoms with Crippen molar-refractivity contribution in [2.24, 2.45) is 0 Å². The third-order valence-electron chi connectivity index (χ3n) is 3.87. The Morgan fingerprint density at radius 1 is 1.36 bits per heavy atom. The van der Waals surface area contributed by atoms with Crippen molar-refractivity contribution in [3.05, 3.63) is 48.0 Å². The van der Waals surface area contributed by atoms with Crippen LogP contribution in [-0.4, -0.2) is 47.3 Å². The van der Waals surface area contributed by atoms with Gasteiger partial charge in [0.05, 0.1) is 18.1 Å². The van der Waals surface area contributed by atoms with Gasteiger partial charge in [-0.1, -0.05) is 18.7 Å². The Hall–Kier alpha value is -2.61. The molecule has 114 valence electrons. The number of hydrogen-bond acceptors (Lipinski definition) is 3. The van der Waals surface area contributed by atoms with Gasteiger partial charge in [0.15, 0.2) is 0 Å². The molecule has 1 aromatic carbocycles. The van der Waals surface area contributed by atoms with Gasteiger partial charge >= 0.3 is 0 Å². The summed E-state index contributed by atoms with van der Waals surface area (Å²) in [6.45, 7) is 7.04. The summed E-state index contributed by atoms with van der Waals surface area (Å²) < 4.78 is 0. The third-order valence-corrected chi connectivity index (χ3v) is 3.87. The van der Waals surface area contributed by atoms with Crippen LogP contribution in [0.4, 0.5) is 0 Å². The van der Waals surface area contributed by atoms with Crippen LogP contribution in [0.25, 0.3) is 0 Å². The van der Waals surface area contributed by atoms with E-state index in [0.717, 1.165) is 5.56 Å². The van der Waals surface area contributed by atoms with Crippen LogP contribution in [0.2, 0.25) is 0 Å². The SMILES string of the molecule is C=CC(=O)N1CCN(C(=O)Cc2ccc(C#N)cc2)[C@@H](C)C1. The van der Waals surface area contributed by atoms with Gasteiger partial charge in [-0.15, -0.1) is 0 Å². The first kappa shape index (κ1) is 15.8. The van der Waals surface area contributed by atoms with Gasteiger partial charge in [-0.05, 0) is 30.7 Å². The molecule has 5 heteroatoms. The largest absolute Gasteiger partial charge is 0.336 e. The molecule has 1 fully saturated rings. The number of carbonyl (C=O) groups excluding carboxylic acids is 2. The highest BCUT2D eigenvalue weighted by Gasteiger charge is 2.28. The Labute approximate surface area is 130 Å². The van der Waals surface area contributed by atoms with E-state index in [-0.39, 0.29) is 17.9 Å². The van der Waals surface area contributed by atoms with Gasteiger partial charge in [0.25, 0.3) is 0 Å². The number of rotatable bonds is 3. The summed E-state index contributed by atoms with van der Waals surface area (Å²) in [7, 11) is 0. The standard InChI is InChI=1S/C17H19N3O2/c1-3-16(21)19-8-9-20(13(2)12-19)17(22)10-14-4-6-15(11-18)7-5-14/h3-7,13H,1,8-10,12H2,2H3/t13-/m0/s1. The van der Waals surface area contributed by atoms with E-state index in [1.807, 2.05) is 11.8 Å². The summed E-state index contributed by atoms with van der Waals surface area (Å²) in [6, 6.07) is 9.09. The van der Waals surface area contributed by atoms with Gasteiger partial charge < -0.3 is 9.80 Å². The molecular formula is C17H19N3O2. The number of amides is 2. The molecule has 0 N–H and O–H groups in total. The van der Waals surface area contributed by atoms with Crippen molar-refractivity contribution in [3.63, 3.8) is 0 Å². The second-order valence-corrected chi connectivity index (χ2v) is 5.41. The molecule has 22 heavy (non-hydrogen) atoms. The Morgan fingerprint density at radius 3 is 2.59 bits per heavy atom. The predicted molar refractivity (Wildman–Crippen MR) is 82.8 cm³/mol. The number of carbonyl (C=O) groups is 2. The highest BCUT2D eigenvalue weighted by Crippen LogP contribution is 2.13. The molecule has 1 saturated heterocycles. The van der Waals surface area contributed by atoms with Gasteiger partial charge in [-0.2, -0.15) is 5.26 Å². The van der Waals surface area contributed by atoms with E-state index in [1.165, 1.54) is 6.08 Å². The van der Waals surface area contributed by atoms with E-state index in [9.17, 15) is 9.59 Å². The fourth-order valence-electron chi connectivity index (χ4n) is 2.63. The van der Waals surface area contributed by atoms with Crippen LogP contribution in [0.1, 0.15) is 18.1 Å². The second-order valence-electron chi connectivity index (χ2n) is 5.41. The smallest absolute Gasteiger partial charge is 0.246 e. The zero-order valence-electron chi connectivity index (χ0n) is 12.7. The van der Waals surface area contributed by atoms with Crippen molar-refractivity contribution in [3.8, 4) is 6.07 Å². The maximum Gasteiger partial charge on any atom is 0.246 e. The number of piperazine rings is 1. The molecule has 2 amide bonds. The minimum Gasteiger partial charge on any atom is -0.336 e. The van der Waals surface area contributed by atoms with E-state index < -0.39 is 0 Å². The maximum atomic E-state index is 12.4. The van der Waals surface area contributed by atoms with Crippen molar-refractivity contribution in [2.45, 2.75) is 19.4 Å². The van der Waals surface area contributed by atoms with Crippen LogP contribution in [0.15, 0.2) is 36.9 Å². The minimum atomic E-state index is -0.0916. The molecule has 1 atom stereocenters. The monoisotopic (exact) mass is 297 g/mol. The summed E-state index contributed by atoms with van der Waals surface area (Å²) in [5, 5.41) is 8.77. The molecule has 1 heterocycles. The topological polar surface area (TPSA) is 64.4 Å².